The molecule has 2 fully saturated rings. The quantitative estimate of drug-likeness (QED) is 0.0818. The number of aromatic nitrogens is 8. The molecule has 13 rings (SSSR count). The van der Waals surface area contributed by atoms with Crippen LogP contribution in [0.1, 0.15) is 61.6 Å². The van der Waals surface area contributed by atoms with Crippen LogP contribution in [0.5, 0.6) is 5.75 Å². The molecule has 77 heavy (non-hydrogen) atoms. The first-order valence-corrected chi connectivity index (χ1v) is 27.7. The molecule has 2 saturated carbocycles. The molecule has 3 aromatic heterocycles. The summed E-state index contributed by atoms with van der Waals surface area (Å²) in [6.45, 7) is 2.15. The summed E-state index contributed by atoms with van der Waals surface area (Å²) in [5.74, 6) is 7.30. The summed E-state index contributed by atoms with van der Waals surface area (Å²) in [6.07, 6.45) is 4.67. The first-order valence-electron chi connectivity index (χ1n) is 23.5. The fourth-order valence-electron chi connectivity index (χ4n) is 12.2. The summed E-state index contributed by atoms with van der Waals surface area (Å²) >= 11 is 0. The van der Waals surface area contributed by atoms with E-state index in [-0.39, 0.29) is 179 Å². The van der Waals surface area contributed by atoms with Crippen LogP contribution < -0.4 is 93.8 Å². The third-order valence-electron chi connectivity index (χ3n) is 15.9. The fraction of sp³-hybridized carbons (Fsp3) is 0.231. The zero-order valence-corrected chi connectivity index (χ0v) is 50.1. The van der Waals surface area contributed by atoms with Crippen LogP contribution in [0.15, 0.2) is 106 Å². The molecule has 3 aliphatic carbocycles. The molecule has 19 nitrogen and oxygen atoms in total. The Kier molecular flexibility index (Phi) is 14.2. The largest absolute Gasteiger partial charge is 1.00 e. The van der Waals surface area contributed by atoms with Crippen molar-refractivity contribution in [2.75, 3.05) is 0 Å². The number of rotatable bonds is 3. The molecule has 0 amide bonds. The number of fused-ring (bicyclic) bond motifs is 25. The smallest absolute Gasteiger partial charge is 0.872 e. The van der Waals surface area contributed by atoms with Crippen molar-refractivity contribution in [1.82, 2.24) is 39.9 Å². The van der Waals surface area contributed by atoms with Gasteiger partial charge in [0.2, 0.25) is 0 Å². The Morgan fingerprint density at radius 2 is 1.10 bits per heavy atom. The monoisotopic (exact) mass is 1110 g/mol. The SMILES string of the molecule is C[C@]12CC[C@@H]3c4ccc([O-])cc4CC[C@H]3[C@@H]1CC[C@@]2(O)C#Cc1ccc2c3nc4nc(nc5[nH]c(nc6nc(nc([nH]3)c2c1)-c1ccc(S(=O)(=O)[O-])cc1-6)c1ccc(S(=O)(=O)O)cc51)-c1ccc(S(=O)(=O)[O-])cc1-4.[Na+].[Na+].[Na+]. The van der Waals surface area contributed by atoms with Gasteiger partial charge in [0.15, 0.2) is 23.3 Å². The summed E-state index contributed by atoms with van der Waals surface area (Å²) < 4.78 is 109. The Hall–Kier alpha value is -4.49. The number of hydrogen-bond acceptors (Lipinski definition) is 16. The molecular weight excluding hydrogens is 1080 g/mol. The molecule has 25 heteroatoms. The average molecular weight is 1120 g/mol. The summed E-state index contributed by atoms with van der Waals surface area (Å²) in [4.78, 5) is 33.4. The van der Waals surface area contributed by atoms with Gasteiger partial charge < -0.3 is 29.3 Å². The van der Waals surface area contributed by atoms with Gasteiger partial charge in [-0.1, -0.05) is 37.0 Å². The van der Waals surface area contributed by atoms with E-state index in [4.69, 9.17) is 29.9 Å². The first-order chi connectivity index (χ1) is 35.1. The van der Waals surface area contributed by atoms with E-state index in [1.165, 1.54) is 23.8 Å². The molecule has 5 heterocycles. The van der Waals surface area contributed by atoms with Gasteiger partial charge >= 0.3 is 88.7 Å². The predicted molar refractivity (Wildman–Crippen MR) is 264 cm³/mol. The molecule has 0 unspecified atom stereocenters. The van der Waals surface area contributed by atoms with Gasteiger partial charge in [0.05, 0.1) is 14.7 Å². The Morgan fingerprint density at radius 3 is 1.66 bits per heavy atom. The zero-order valence-electron chi connectivity index (χ0n) is 41.6. The number of aryl methyl sites for hydroxylation is 1. The topological polar surface area (TPSA) is 321 Å². The summed E-state index contributed by atoms with van der Waals surface area (Å²) in [5, 5.41) is 26.1. The van der Waals surface area contributed by atoms with Crippen molar-refractivity contribution < 1.29 is 138 Å². The number of H-pyrrole nitrogens is 2. The maximum Gasteiger partial charge on any atom is 1.00 e. The molecule has 8 aromatic rings. The fourth-order valence-corrected chi connectivity index (χ4v) is 13.7. The molecule has 5 aromatic carbocycles. The van der Waals surface area contributed by atoms with Gasteiger partial charge in [-0.05, 0) is 140 Å². The van der Waals surface area contributed by atoms with Crippen LogP contribution in [-0.2, 0) is 36.8 Å². The Balaban J connectivity index is 0.00000224. The molecule has 5 aliphatic rings. The van der Waals surface area contributed by atoms with Crippen molar-refractivity contribution in [3.05, 3.63) is 108 Å². The van der Waals surface area contributed by atoms with Crippen LogP contribution in [0.3, 0.4) is 0 Å². The first kappa shape index (κ1) is 55.8. The molecule has 0 saturated heterocycles. The number of hydrogen-bond donors (Lipinski definition) is 4. The molecule has 2 aliphatic heterocycles. The van der Waals surface area contributed by atoms with Gasteiger partial charge in [-0.2, -0.15) is 8.42 Å². The van der Waals surface area contributed by atoms with Gasteiger partial charge in [0.1, 0.15) is 48.4 Å². The number of benzene rings is 5. The van der Waals surface area contributed by atoms with E-state index in [1.807, 2.05) is 6.07 Å². The maximum absolute atomic E-state index is 12.6. The van der Waals surface area contributed by atoms with Crippen molar-refractivity contribution in [3.63, 3.8) is 0 Å². The Morgan fingerprint density at radius 1 is 0.584 bits per heavy atom. The summed E-state index contributed by atoms with van der Waals surface area (Å²) in [6, 6.07) is 21.5. The van der Waals surface area contributed by atoms with E-state index in [1.54, 1.807) is 30.3 Å². The van der Waals surface area contributed by atoms with Crippen LogP contribution in [-0.4, -0.2) is 89.5 Å². The molecule has 0 radical (unpaired) electrons. The minimum atomic E-state index is -4.98. The standard InChI is InChI=1S/C52H40N8O11S3.3Na/c1-51-17-15-32-31-10-4-27(61)21-26(31)3-9-33(32)42(51)16-19-52(51,62)18-14-25-2-8-34-38(20-25)47-53-43(34)55-48-40-23-29(73(66,67)68)6-12-36(40)45(57-48)59-50-41-24-30(74(69,70)71)7-13-37(41)46(60-50)58-49-39-22-28(72(63,64)65)5-11-35(39)44(54-47)56-49;;;/h2,4-8,10-13,20-24,32-33,42,61-62H,3,9,15-17,19H2,1H3,(H,63,64,65)(H,66,67,68)(H,69,70,71)(H2,53,54,55,56,57,58,59,60);;;/q;3*+1/p-3/t32-,33-,42+,51+,52+;;;/m1.../s1. The van der Waals surface area contributed by atoms with Gasteiger partial charge in [-0.15, -0.1) is 5.75 Å². The van der Waals surface area contributed by atoms with Crippen LogP contribution in [0.4, 0.5) is 0 Å². The van der Waals surface area contributed by atoms with Gasteiger partial charge in [-0.3, -0.25) is 4.55 Å². The van der Waals surface area contributed by atoms with Crippen LogP contribution in [0, 0.1) is 29.1 Å². The summed E-state index contributed by atoms with van der Waals surface area (Å²) in [5.41, 5.74) is 2.19. The Labute approximate surface area is 506 Å². The van der Waals surface area contributed by atoms with E-state index in [9.17, 15) is 49.1 Å². The van der Waals surface area contributed by atoms with Crippen molar-refractivity contribution in [3.8, 4) is 63.1 Å². The van der Waals surface area contributed by atoms with Gasteiger partial charge in [0.25, 0.3) is 10.1 Å². The normalized spacial score (nSPS) is 21.2. The van der Waals surface area contributed by atoms with Crippen molar-refractivity contribution in [2.45, 2.75) is 71.7 Å². The zero-order chi connectivity index (χ0) is 51.4. The molecular formula is C52H37N8Na3O11S3. The van der Waals surface area contributed by atoms with Gasteiger partial charge in [0, 0.05) is 54.8 Å². The van der Waals surface area contributed by atoms with E-state index in [2.05, 4.69) is 28.7 Å². The molecule has 0 spiro atoms. The van der Waals surface area contributed by atoms with E-state index in [0.717, 1.165) is 74.1 Å². The van der Waals surface area contributed by atoms with Crippen LogP contribution in [0.2, 0.25) is 0 Å². The third kappa shape index (κ3) is 9.32. The number of aromatic amines is 2. The number of aliphatic hydroxyl groups is 1. The van der Waals surface area contributed by atoms with Crippen molar-refractivity contribution in [2.24, 2.45) is 17.3 Å². The van der Waals surface area contributed by atoms with Crippen molar-refractivity contribution in [1.29, 1.82) is 0 Å². The molecule has 4 N–H and O–H groups in total. The Bertz CT molecular complexity index is 4450. The second-order valence-corrected chi connectivity index (χ2v) is 23.9. The minimum Gasteiger partial charge on any atom is -0.872 e. The number of nitrogens with zero attached hydrogens (tertiary/aromatic N) is 6. The van der Waals surface area contributed by atoms with E-state index < -0.39 is 56.1 Å². The minimum absolute atomic E-state index is 0. The van der Waals surface area contributed by atoms with E-state index in [0.29, 0.717) is 34.6 Å². The molecule has 372 valence electrons. The molecule has 5 atom stereocenters. The van der Waals surface area contributed by atoms with Gasteiger partial charge in [-0.25, -0.2) is 46.7 Å². The second-order valence-electron chi connectivity index (χ2n) is 19.8. The second kappa shape index (κ2) is 19.6. The number of nitrogens with one attached hydrogen (secondary N) is 2. The van der Waals surface area contributed by atoms with E-state index >= 15 is 0 Å². The van der Waals surface area contributed by atoms with Crippen molar-refractivity contribution >= 4 is 74.5 Å². The predicted octanol–water partition coefficient (Wildman–Crippen LogP) is -2.35. The van der Waals surface area contributed by atoms with Crippen LogP contribution >= 0.6 is 0 Å². The summed E-state index contributed by atoms with van der Waals surface area (Å²) in [7, 11) is -14.7. The third-order valence-corrected chi connectivity index (χ3v) is 18.4. The molecule has 8 bridgehead atoms. The maximum atomic E-state index is 12.6. The van der Waals surface area contributed by atoms with Crippen LogP contribution in [0.25, 0.3) is 89.7 Å². The average Bonchev–Trinajstić information content (AvgIpc) is 4.15.